The number of benzene rings is 2. The molecule has 4 N–H and O–H groups in total. The fourth-order valence-electron chi connectivity index (χ4n) is 4.21. The second kappa shape index (κ2) is 9.38. The molecular weight excluding hydrogens is 422 g/mol. The topological polar surface area (TPSA) is 82.6 Å². The predicted molar refractivity (Wildman–Crippen MR) is 128 cm³/mol. The Balaban J connectivity index is 1.27. The van der Waals surface area contributed by atoms with E-state index in [0.29, 0.717) is 0 Å². The number of ether oxygens (including phenoxy) is 1. The van der Waals surface area contributed by atoms with Crippen molar-refractivity contribution in [3.05, 3.63) is 58.5 Å². The minimum absolute atomic E-state index is 0.0708. The summed E-state index contributed by atoms with van der Waals surface area (Å²) >= 11 is 1.58. The molecule has 1 aromatic heterocycles. The second-order valence-electron chi connectivity index (χ2n) is 8.08. The van der Waals surface area contributed by atoms with Crippen LogP contribution in [0.25, 0.3) is 10.1 Å². The molecule has 7 nitrogen and oxygen atoms in total. The third-order valence-electron chi connectivity index (χ3n) is 6.02. The van der Waals surface area contributed by atoms with Crippen LogP contribution >= 0.6 is 11.3 Å². The van der Waals surface area contributed by atoms with Crippen LogP contribution in [-0.2, 0) is 6.42 Å². The number of amides is 1. The Morgan fingerprint density at radius 3 is 2.84 bits per heavy atom. The van der Waals surface area contributed by atoms with Gasteiger partial charge in [0.15, 0.2) is 0 Å². The standard InChI is InChI=1S/C24H27N5O2S/c1-31-18-5-2-16(3-6-18)8-9-26-24-27-15-17-4-7-20-19(22(17)28-24)14-21(32-20)23(30)29-12-10-25-11-13-29/h2-7,14-15,24-26,28H,8-13H2,1H3/p+1. The average Bonchev–Trinajstić information content (AvgIpc) is 3.29. The highest BCUT2D eigenvalue weighted by atomic mass is 32.1. The summed E-state index contributed by atoms with van der Waals surface area (Å²) in [7, 11) is 1.68. The number of nitrogens with zero attached hydrogens (tertiary/aromatic N) is 2. The van der Waals surface area contributed by atoms with E-state index in [4.69, 9.17) is 4.74 Å². The molecule has 1 amide bonds. The van der Waals surface area contributed by atoms with Crippen molar-refractivity contribution >= 4 is 39.2 Å². The molecule has 1 saturated heterocycles. The van der Waals surface area contributed by atoms with Crippen LogP contribution in [0.1, 0.15) is 20.8 Å². The van der Waals surface area contributed by atoms with Crippen LogP contribution in [0, 0.1) is 0 Å². The Labute approximate surface area is 191 Å². The summed E-state index contributed by atoms with van der Waals surface area (Å²) in [4.78, 5) is 20.4. The first-order valence-corrected chi connectivity index (χ1v) is 11.8. The van der Waals surface area contributed by atoms with Crippen LogP contribution in [0.15, 0.2) is 47.5 Å². The molecule has 1 atom stereocenters. The third kappa shape index (κ3) is 4.40. The molecule has 2 aliphatic rings. The first-order chi connectivity index (χ1) is 15.7. The number of hydrogen-bond acceptors (Lipinski definition) is 6. The highest BCUT2D eigenvalue weighted by molar-refractivity contribution is 7.20. The Kier molecular flexibility index (Phi) is 6.18. The number of piperazine rings is 1. The number of quaternary nitrogens is 1. The smallest absolute Gasteiger partial charge is 0.264 e. The molecule has 8 heteroatoms. The molecule has 5 rings (SSSR count). The van der Waals surface area contributed by atoms with Crippen LogP contribution in [-0.4, -0.2) is 63.1 Å². The van der Waals surface area contributed by atoms with Crippen molar-refractivity contribution in [3.8, 4) is 5.75 Å². The molecular formula is C24H28N5O2S+. The van der Waals surface area contributed by atoms with E-state index in [-0.39, 0.29) is 12.2 Å². The molecule has 0 spiro atoms. The van der Waals surface area contributed by atoms with E-state index in [9.17, 15) is 4.79 Å². The van der Waals surface area contributed by atoms with Crippen LogP contribution in [0.3, 0.4) is 0 Å². The zero-order chi connectivity index (χ0) is 21.9. The number of thiophene rings is 1. The van der Waals surface area contributed by atoms with E-state index in [1.165, 1.54) is 5.56 Å². The average molecular weight is 451 g/mol. The van der Waals surface area contributed by atoms with Crippen molar-refractivity contribution in [3.63, 3.8) is 0 Å². The lowest BCUT2D eigenvalue weighted by molar-refractivity contribution is -0.615. The molecule has 2 aliphatic heterocycles. The number of nitrogens with one attached hydrogen (secondary N) is 2. The van der Waals surface area contributed by atoms with Gasteiger partial charge in [0.05, 0.1) is 22.9 Å². The number of hydrogen-bond donors (Lipinski definition) is 3. The van der Waals surface area contributed by atoms with Crippen molar-refractivity contribution in [2.75, 3.05) is 39.8 Å². The second-order valence-corrected chi connectivity index (χ2v) is 9.16. The number of carbonyl (C=O) groups is 1. The van der Waals surface area contributed by atoms with E-state index in [1.807, 2.05) is 23.2 Å². The third-order valence-corrected chi connectivity index (χ3v) is 7.10. The lowest BCUT2D eigenvalue weighted by Crippen LogP contribution is -2.89. The van der Waals surface area contributed by atoms with Gasteiger partial charge in [0, 0.05) is 43.6 Å². The van der Waals surface area contributed by atoms with E-state index in [2.05, 4.69) is 51.3 Å². The van der Waals surface area contributed by atoms with Crippen LogP contribution < -0.4 is 20.7 Å². The van der Waals surface area contributed by atoms with Gasteiger partial charge >= 0.3 is 0 Å². The highest BCUT2D eigenvalue weighted by Crippen LogP contribution is 2.32. The molecule has 0 aliphatic carbocycles. The van der Waals surface area contributed by atoms with Gasteiger partial charge in [0.25, 0.3) is 5.91 Å². The maximum atomic E-state index is 13.0. The van der Waals surface area contributed by atoms with Crippen LogP contribution in [0.5, 0.6) is 5.75 Å². The molecule has 32 heavy (non-hydrogen) atoms. The summed E-state index contributed by atoms with van der Waals surface area (Å²) in [5.74, 6) is 1.01. The van der Waals surface area contributed by atoms with Crippen LogP contribution in [0.2, 0.25) is 0 Å². The van der Waals surface area contributed by atoms with Gasteiger partial charge < -0.3 is 15.0 Å². The van der Waals surface area contributed by atoms with Crippen molar-refractivity contribution in [2.45, 2.75) is 12.7 Å². The number of fused-ring (bicyclic) bond motifs is 3. The molecule has 3 aromatic rings. The van der Waals surface area contributed by atoms with Crippen molar-refractivity contribution < 1.29 is 14.8 Å². The maximum Gasteiger partial charge on any atom is 0.264 e. The van der Waals surface area contributed by atoms with Gasteiger partial charge in [0.1, 0.15) is 11.4 Å². The molecule has 0 saturated carbocycles. The quantitative estimate of drug-likeness (QED) is 0.500. The van der Waals surface area contributed by atoms with E-state index in [1.54, 1.807) is 18.4 Å². The van der Waals surface area contributed by atoms with E-state index < -0.39 is 0 Å². The van der Waals surface area contributed by atoms with Gasteiger partial charge in [-0.1, -0.05) is 12.1 Å². The van der Waals surface area contributed by atoms with Crippen molar-refractivity contribution in [1.82, 2.24) is 15.5 Å². The van der Waals surface area contributed by atoms with Gasteiger partial charge in [0.2, 0.25) is 6.29 Å². The zero-order valence-electron chi connectivity index (χ0n) is 18.1. The molecule has 0 radical (unpaired) electrons. The van der Waals surface area contributed by atoms with E-state index in [0.717, 1.165) is 71.1 Å². The Bertz CT molecular complexity index is 1140. The predicted octanol–water partition coefficient (Wildman–Crippen LogP) is 1.70. The van der Waals surface area contributed by atoms with Gasteiger partial charge in [-0.3, -0.25) is 10.1 Å². The molecule has 2 aromatic carbocycles. The SMILES string of the molecule is COc1ccc(CCNC2N=Cc3ccc4sc(C(=O)N5CCNCC5)cc4c3[NH2+]2)cc1. The largest absolute Gasteiger partial charge is 0.497 e. The van der Waals surface area contributed by atoms with Gasteiger partial charge in [-0.15, -0.1) is 11.3 Å². The summed E-state index contributed by atoms with van der Waals surface area (Å²) in [6.07, 6.45) is 2.79. The van der Waals surface area contributed by atoms with Crippen LogP contribution in [0.4, 0.5) is 5.69 Å². The molecule has 1 fully saturated rings. The fourth-order valence-corrected chi connectivity index (χ4v) is 5.25. The summed E-state index contributed by atoms with van der Waals surface area (Å²) in [5.41, 5.74) is 3.52. The number of carbonyl (C=O) groups excluding carboxylic acids is 1. The van der Waals surface area contributed by atoms with Gasteiger partial charge in [-0.2, -0.15) is 0 Å². The summed E-state index contributed by atoms with van der Waals surface area (Å²) in [6, 6.07) is 14.4. The Morgan fingerprint density at radius 1 is 1.25 bits per heavy atom. The molecule has 166 valence electrons. The molecule has 0 bridgehead atoms. The summed E-state index contributed by atoms with van der Waals surface area (Å²) < 4.78 is 6.37. The minimum Gasteiger partial charge on any atom is -0.497 e. The lowest BCUT2D eigenvalue weighted by atomic mass is 10.1. The minimum atomic E-state index is -0.0708. The maximum absolute atomic E-state index is 13.0. The number of aliphatic imine (C=N–C) groups is 1. The highest BCUT2D eigenvalue weighted by Gasteiger charge is 2.25. The normalized spacial score (nSPS) is 18.0. The van der Waals surface area contributed by atoms with Crippen molar-refractivity contribution in [1.29, 1.82) is 0 Å². The molecule has 3 heterocycles. The fraction of sp³-hybridized carbons (Fsp3) is 0.333. The molecule has 1 unspecified atom stereocenters. The summed E-state index contributed by atoms with van der Waals surface area (Å²) in [5, 5.41) is 10.1. The Hall–Kier alpha value is -2.78. The first kappa shape index (κ1) is 21.1. The first-order valence-electron chi connectivity index (χ1n) is 11.0. The summed E-state index contributed by atoms with van der Waals surface area (Å²) in [6.45, 7) is 4.08. The number of nitrogens with two attached hydrogens (primary N) is 1. The number of rotatable bonds is 6. The monoisotopic (exact) mass is 450 g/mol. The lowest BCUT2D eigenvalue weighted by Gasteiger charge is -2.26. The zero-order valence-corrected chi connectivity index (χ0v) is 19.0. The van der Waals surface area contributed by atoms with Gasteiger partial charge in [-0.25, -0.2) is 10.3 Å². The number of methoxy groups -OCH3 is 1. The van der Waals surface area contributed by atoms with Gasteiger partial charge in [-0.05, 0) is 42.3 Å². The van der Waals surface area contributed by atoms with E-state index >= 15 is 0 Å². The van der Waals surface area contributed by atoms with Crippen molar-refractivity contribution in [2.24, 2.45) is 4.99 Å². The Morgan fingerprint density at radius 2 is 2.06 bits per heavy atom.